The third-order valence-corrected chi connectivity index (χ3v) is 6.26. The van der Waals surface area contributed by atoms with Crippen LogP contribution >= 0.6 is 34.8 Å². The van der Waals surface area contributed by atoms with Crippen LogP contribution in [0.15, 0.2) is 54.6 Å². The number of hydrogen-bond acceptors (Lipinski definition) is 4. The maximum Gasteiger partial charge on any atom is 0.265 e. The fraction of sp³-hybridized carbons (Fsp3) is 0.160. The van der Waals surface area contributed by atoms with E-state index in [0.29, 0.717) is 10.7 Å². The van der Waals surface area contributed by atoms with E-state index in [-0.39, 0.29) is 15.9 Å². The van der Waals surface area contributed by atoms with Crippen molar-refractivity contribution in [1.82, 2.24) is 10.2 Å². The van der Waals surface area contributed by atoms with Gasteiger partial charge in [-0.2, -0.15) is 0 Å². The van der Waals surface area contributed by atoms with Crippen LogP contribution in [0.25, 0.3) is 22.0 Å². The number of nitrogens with one attached hydrogen (secondary N) is 1. The second-order valence-corrected chi connectivity index (χ2v) is 8.93. The second-order valence-electron chi connectivity index (χ2n) is 7.71. The van der Waals surface area contributed by atoms with Gasteiger partial charge in [-0.05, 0) is 50.6 Å². The van der Waals surface area contributed by atoms with Crippen molar-refractivity contribution >= 4 is 57.2 Å². The number of carbonyl (C=O) groups is 1. The number of aromatic nitrogens is 2. The fourth-order valence-corrected chi connectivity index (χ4v) is 4.02. The van der Waals surface area contributed by atoms with Crippen molar-refractivity contribution < 1.29 is 9.53 Å². The van der Waals surface area contributed by atoms with Crippen LogP contribution in [0.4, 0.5) is 5.69 Å². The summed E-state index contributed by atoms with van der Waals surface area (Å²) in [5.41, 5.74) is 4.34. The quantitative estimate of drug-likeness (QED) is 0.292. The van der Waals surface area contributed by atoms with E-state index in [2.05, 4.69) is 33.7 Å². The van der Waals surface area contributed by atoms with Gasteiger partial charge >= 0.3 is 0 Å². The summed E-state index contributed by atoms with van der Waals surface area (Å²) in [5.74, 6) is -0.151. The van der Waals surface area contributed by atoms with E-state index in [4.69, 9.17) is 39.5 Å². The number of hydrogen-bond donors (Lipinski definition) is 1. The van der Waals surface area contributed by atoms with Crippen LogP contribution in [-0.4, -0.2) is 22.2 Å². The zero-order valence-corrected chi connectivity index (χ0v) is 20.4. The molecule has 0 spiro atoms. The molecular weight excluding hydrogens is 481 g/mol. The summed E-state index contributed by atoms with van der Waals surface area (Å²) in [6.45, 7) is 5.70. The standard InChI is InChI=1S/C25H20Cl3N3O2/c1-13-8-9-14(2)18(10-13)23-16-6-4-5-7-17(16)25(31-30-23)33-15(3)24(32)29-22-12-20(27)19(26)11-21(22)28/h4-12,15H,1-3H3,(H,29,32)/t15-/m1/s1. The number of anilines is 1. The largest absolute Gasteiger partial charge is 0.463 e. The number of benzene rings is 3. The molecule has 0 aliphatic rings. The van der Waals surface area contributed by atoms with Crippen molar-refractivity contribution in [1.29, 1.82) is 0 Å². The van der Waals surface area contributed by atoms with Gasteiger partial charge in [-0.25, -0.2) is 0 Å². The molecule has 0 bridgehead atoms. The first-order valence-corrected chi connectivity index (χ1v) is 11.3. The van der Waals surface area contributed by atoms with Crippen LogP contribution in [0.2, 0.25) is 15.1 Å². The molecule has 0 unspecified atom stereocenters. The van der Waals surface area contributed by atoms with Gasteiger partial charge in [0.2, 0.25) is 5.88 Å². The SMILES string of the molecule is Cc1ccc(C)c(-c2nnc(O[C@H](C)C(=O)Nc3cc(Cl)c(Cl)cc3Cl)c3ccccc23)c1. The summed E-state index contributed by atoms with van der Waals surface area (Å²) in [5, 5.41) is 14.0. The molecule has 4 aromatic rings. The number of amides is 1. The first kappa shape index (κ1) is 23.3. The van der Waals surface area contributed by atoms with Crippen molar-refractivity contribution in [3.63, 3.8) is 0 Å². The summed E-state index contributed by atoms with van der Waals surface area (Å²) < 4.78 is 5.91. The van der Waals surface area contributed by atoms with Crippen molar-refractivity contribution in [2.45, 2.75) is 26.9 Å². The minimum Gasteiger partial charge on any atom is -0.463 e. The predicted octanol–water partition coefficient (Wildman–Crippen LogP) is 7.28. The molecule has 0 fully saturated rings. The molecule has 8 heteroatoms. The first-order valence-electron chi connectivity index (χ1n) is 10.2. The van der Waals surface area contributed by atoms with Crippen LogP contribution in [0.3, 0.4) is 0 Å². The Kier molecular flexibility index (Phi) is 6.75. The Morgan fingerprint density at radius 1 is 0.909 bits per heavy atom. The molecule has 0 aliphatic carbocycles. The Hall–Kier alpha value is -2.86. The lowest BCUT2D eigenvalue weighted by atomic mass is 9.99. The van der Waals surface area contributed by atoms with Crippen LogP contribution in [0.5, 0.6) is 5.88 Å². The minimum absolute atomic E-state index is 0.266. The average Bonchev–Trinajstić information content (AvgIpc) is 2.79. The maximum absolute atomic E-state index is 12.8. The van der Waals surface area contributed by atoms with Crippen molar-refractivity contribution in [2.75, 3.05) is 5.32 Å². The first-order chi connectivity index (χ1) is 15.7. The molecule has 1 atom stereocenters. The maximum atomic E-state index is 12.8. The number of ether oxygens (including phenoxy) is 1. The van der Waals surface area contributed by atoms with Gasteiger partial charge in [-0.1, -0.05) is 70.7 Å². The van der Waals surface area contributed by atoms with Crippen LogP contribution in [-0.2, 0) is 4.79 Å². The number of fused-ring (bicyclic) bond motifs is 1. The van der Waals surface area contributed by atoms with Gasteiger partial charge in [0.1, 0.15) is 5.69 Å². The molecule has 4 rings (SSSR count). The lowest BCUT2D eigenvalue weighted by Gasteiger charge is -2.17. The van der Waals surface area contributed by atoms with Gasteiger partial charge in [-0.3, -0.25) is 4.79 Å². The minimum atomic E-state index is -0.875. The fourth-order valence-electron chi connectivity index (χ4n) is 3.43. The van der Waals surface area contributed by atoms with E-state index in [1.54, 1.807) is 6.92 Å². The molecule has 1 amide bonds. The zero-order chi connectivity index (χ0) is 23.7. The third-order valence-electron chi connectivity index (χ3n) is 5.23. The van der Waals surface area contributed by atoms with E-state index in [1.165, 1.54) is 12.1 Å². The predicted molar refractivity (Wildman–Crippen MR) is 135 cm³/mol. The summed E-state index contributed by atoms with van der Waals surface area (Å²) in [4.78, 5) is 12.8. The van der Waals surface area contributed by atoms with Gasteiger partial charge in [0.05, 0.1) is 20.8 Å². The molecule has 1 heterocycles. The summed E-state index contributed by atoms with van der Waals surface area (Å²) in [7, 11) is 0. The van der Waals surface area contributed by atoms with E-state index in [0.717, 1.165) is 33.2 Å². The second kappa shape index (κ2) is 9.56. The van der Waals surface area contributed by atoms with Gasteiger partial charge in [0.15, 0.2) is 6.10 Å². The third kappa shape index (κ3) is 4.91. The van der Waals surface area contributed by atoms with Gasteiger partial charge < -0.3 is 10.1 Å². The summed E-state index contributed by atoms with van der Waals surface area (Å²) >= 11 is 18.2. The molecule has 0 aliphatic heterocycles. The number of aryl methyl sites for hydroxylation is 2. The van der Waals surface area contributed by atoms with Crippen molar-refractivity contribution in [3.8, 4) is 17.1 Å². The number of nitrogens with zero attached hydrogens (tertiary/aromatic N) is 2. The summed E-state index contributed by atoms with van der Waals surface area (Å²) in [6.07, 6.45) is -0.875. The average molecular weight is 501 g/mol. The lowest BCUT2D eigenvalue weighted by Crippen LogP contribution is -2.30. The Morgan fingerprint density at radius 3 is 2.36 bits per heavy atom. The molecule has 1 aromatic heterocycles. The monoisotopic (exact) mass is 499 g/mol. The van der Waals surface area contributed by atoms with Crippen molar-refractivity contribution in [2.24, 2.45) is 0 Å². The van der Waals surface area contributed by atoms with Crippen LogP contribution in [0.1, 0.15) is 18.1 Å². The molecule has 0 saturated carbocycles. The smallest absolute Gasteiger partial charge is 0.265 e. The molecule has 0 radical (unpaired) electrons. The van der Waals surface area contributed by atoms with Crippen LogP contribution < -0.4 is 10.1 Å². The van der Waals surface area contributed by atoms with E-state index >= 15 is 0 Å². The number of carbonyl (C=O) groups excluding carboxylic acids is 1. The Labute approximate surface area is 206 Å². The molecular formula is C25H20Cl3N3O2. The molecule has 5 nitrogen and oxygen atoms in total. The zero-order valence-electron chi connectivity index (χ0n) is 18.1. The number of halogens is 3. The highest BCUT2D eigenvalue weighted by Crippen LogP contribution is 2.34. The van der Waals surface area contributed by atoms with E-state index < -0.39 is 12.0 Å². The topological polar surface area (TPSA) is 64.1 Å². The van der Waals surface area contributed by atoms with E-state index in [1.807, 2.05) is 38.1 Å². The van der Waals surface area contributed by atoms with Crippen molar-refractivity contribution in [3.05, 3.63) is 80.8 Å². The summed E-state index contributed by atoms with van der Waals surface area (Å²) in [6, 6.07) is 16.9. The molecule has 33 heavy (non-hydrogen) atoms. The Morgan fingerprint density at radius 2 is 1.61 bits per heavy atom. The normalized spacial score (nSPS) is 11.9. The van der Waals surface area contributed by atoms with Crippen LogP contribution in [0, 0.1) is 13.8 Å². The molecule has 0 saturated heterocycles. The Balaban J connectivity index is 1.64. The van der Waals surface area contributed by atoms with Gasteiger partial charge in [0.25, 0.3) is 5.91 Å². The van der Waals surface area contributed by atoms with Gasteiger partial charge in [-0.15, -0.1) is 10.2 Å². The molecule has 3 aromatic carbocycles. The molecule has 1 N–H and O–H groups in total. The highest BCUT2D eigenvalue weighted by molar-refractivity contribution is 6.44. The number of rotatable bonds is 5. The highest BCUT2D eigenvalue weighted by Gasteiger charge is 2.20. The molecule has 168 valence electrons. The van der Waals surface area contributed by atoms with E-state index in [9.17, 15) is 4.79 Å². The lowest BCUT2D eigenvalue weighted by molar-refractivity contribution is -0.122. The van der Waals surface area contributed by atoms with Gasteiger partial charge in [0, 0.05) is 16.3 Å². The highest BCUT2D eigenvalue weighted by atomic mass is 35.5. The Bertz CT molecular complexity index is 1370.